The first-order valence-corrected chi connectivity index (χ1v) is 10.5. The third-order valence-corrected chi connectivity index (χ3v) is 4.71. The molecule has 0 aliphatic carbocycles. The van der Waals surface area contributed by atoms with Crippen LogP contribution in [-0.2, 0) is 16.1 Å². The molecule has 0 aromatic heterocycles. The summed E-state index contributed by atoms with van der Waals surface area (Å²) in [4.78, 5) is 35.9. The second-order valence-electron chi connectivity index (χ2n) is 7.57. The predicted octanol–water partition coefficient (Wildman–Crippen LogP) is 3.36. The molecule has 2 aromatic rings. The van der Waals surface area contributed by atoms with Crippen molar-refractivity contribution in [3.8, 4) is 0 Å². The van der Waals surface area contributed by atoms with E-state index >= 15 is 0 Å². The topological polar surface area (TPSA) is 96.5 Å². The van der Waals surface area contributed by atoms with Crippen molar-refractivity contribution >= 4 is 17.9 Å². The molecule has 0 unspecified atom stereocenters. The molecule has 0 saturated heterocycles. The molecule has 0 saturated carbocycles. The molecular formula is C24H31N3O4. The maximum atomic E-state index is 12.2. The minimum atomic E-state index is -0.567. The average molecular weight is 426 g/mol. The van der Waals surface area contributed by atoms with Crippen LogP contribution in [0.15, 0.2) is 54.6 Å². The van der Waals surface area contributed by atoms with E-state index in [-0.39, 0.29) is 30.5 Å². The molecule has 0 bridgehead atoms. The summed E-state index contributed by atoms with van der Waals surface area (Å²) in [6, 6.07) is 16.5. The minimum Gasteiger partial charge on any atom is -0.452 e. The van der Waals surface area contributed by atoms with Crippen LogP contribution in [0.3, 0.4) is 0 Å². The van der Waals surface area contributed by atoms with Gasteiger partial charge in [0.2, 0.25) is 0 Å². The van der Waals surface area contributed by atoms with Crippen molar-refractivity contribution in [2.45, 2.75) is 45.7 Å². The number of benzene rings is 2. The summed E-state index contributed by atoms with van der Waals surface area (Å²) in [5.74, 6) is -0.688. The van der Waals surface area contributed by atoms with E-state index in [1.54, 1.807) is 24.3 Å². The zero-order valence-electron chi connectivity index (χ0n) is 18.3. The fraction of sp³-hybridized carbons (Fsp3) is 0.375. The van der Waals surface area contributed by atoms with Crippen molar-refractivity contribution in [3.05, 3.63) is 71.3 Å². The summed E-state index contributed by atoms with van der Waals surface area (Å²) in [7, 11) is 0. The highest BCUT2D eigenvalue weighted by molar-refractivity contribution is 5.91. The fourth-order valence-electron chi connectivity index (χ4n) is 2.98. The first kappa shape index (κ1) is 23.9. The number of nitrogens with one attached hydrogen (secondary N) is 3. The molecular weight excluding hydrogens is 394 g/mol. The molecule has 7 nitrogen and oxygen atoms in total. The number of hydrogen-bond donors (Lipinski definition) is 3. The Bertz CT molecular complexity index is 851. The van der Waals surface area contributed by atoms with Gasteiger partial charge >= 0.3 is 12.0 Å². The quantitative estimate of drug-likeness (QED) is 0.509. The van der Waals surface area contributed by atoms with E-state index < -0.39 is 5.97 Å². The van der Waals surface area contributed by atoms with Crippen molar-refractivity contribution in [1.29, 1.82) is 0 Å². The Balaban J connectivity index is 1.75. The summed E-state index contributed by atoms with van der Waals surface area (Å²) in [6.07, 6.45) is 0.893. The van der Waals surface area contributed by atoms with Gasteiger partial charge in [-0.15, -0.1) is 0 Å². The van der Waals surface area contributed by atoms with Crippen molar-refractivity contribution in [1.82, 2.24) is 16.0 Å². The molecule has 3 amide bonds. The summed E-state index contributed by atoms with van der Waals surface area (Å²) in [5.41, 5.74) is 2.36. The van der Waals surface area contributed by atoms with E-state index in [0.29, 0.717) is 18.7 Å². The number of amides is 3. The van der Waals surface area contributed by atoms with Crippen molar-refractivity contribution in [2.24, 2.45) is 0 Å². The average Bonchev–Trinajstić information content (AvgIpc) is 2.77. The van der Waals surface area contributed by atoms with Crippen LogP contribution < -0.4 is 16.0 Å². The molecule has 166 valence electrons. The van der Waals surface area contributed by atoms with E-state index in [1.165, 1.54) is 5.56 Å². The molecule has 2 aromatic carbocycles. The number of hydrogen-bond acceptors (Lipinski definition) is 4. The SMILES string of the molecule is CC[C@H](CNC(=O)COC(=O)c1ccc(CNC(=O)NC(C)C)cc1)c1ccccc1. The Hall–Kier alpha value is -3.35. The molecule has 0 aliphatic heterocycles. The zero-order chi connectivity index (χ0) is 22.6. The van der Waals surface area contributed by atoms with E-state index in [9.17, 15) is 14.4 Å². The third-order valence-electron chi connectivity index (χ3n) is 4.71. The van der Waals surface area contributed by atoms with Crippen LogP contribution in [0.25, 0.3) is 0 Å². The second-order valence-corrected chi connectivity index (χ2v) is 7.57. The molecule has 1 atom stereocenters. The number of carbonyl (C=O) groups excluding carboxylic acids is 3. The number of esters is 1. The smallest absolute Gasteiger partial charge is 0.338 e. The highest BCUT2D eigenvalue weighted by Crippen LogP contribution is 2.17. The highest BCUT2D eigenvalue weighted by Gasteiger charge is 2.13. The Kier molecular flexibility index (Phi) is 9.55. The van der Waals surface area contributed by atoms with E-state index in [2.05, 4.69) is 22.9 Å². The van der Waals surface area contributed by atoms with Crippen LogP contribution in [0.5, 0.6) is 0 Å². The van der Waals surface area contributed by atoms with Crippen LogP contribution in [0.2, 0.25) is 0 Å². The molecule has 0 heterocycles. The van der Waals surface area contributed by atoms with Crippen LogP contribution >= 0.6 is 0 Å². The lowest BCUT2D eigenvalue weighted by molar-refractivity contribution is -0.124. The first-order valence-electron chi connectivity index (χ1n) is 10.5. The lowest BCUT2D eigenvalue weighted by atomic mass is 9.96. The lowest BCUT2D eigenvalue weighted by Crippen LogP contribution is -2.39. The number of urea groups is 1. The van der Waals surface area contributed by atoms with Crippen LogP contribution in [0.1, 0.15) is 54.6 Å². The summed E-state index contributed by atoms with van der Waals surface area (Å²) in [5, 5.41) is 8.30. The Morgan fingerprint density at radius 1 is 0.935 bits per heavy atom. The van der Waals surface area contributed by atoms with Crippen molar-refractivity contribution < 1.29 is 19.1 Å². The van der Waals surface area contributed by atoms with Crippen LogP contribution in [0.4, 0.5) is 4.79 Å². The van der Waals surface area contributed by atoms with Gasteiger partial charge in [0.15, 0.2) is 6.61 Å². The van der Waals surface area contributed by atoms with Gasteiger partial charge in [-0.25, -0.2) is 9.59 Å². The molecule has 0 aliphatic rings. The maximum Gasteiger partial charge on any atom is 0.338 e. The summed E-state index contributed by atoms with van der Waals surface area (Å²) >= 11 is 0. The van der Waals surface area contributed by atoms with Crippen LogP contribution in [-0.4, -0.2) is 37.1 Å². The predicted molar refractivity (Wildman–Crippen MR) is 120 cm³/mol. The third kappa shape index (κ3) is 8.50. The number of carbonyl (C=O) groups is 3. The van der Waals surface area contributed by atoms with E-state index in [1.807, 2.05) is 44.2 Å². The highest BCUT2D eigenvalue weighted by atomic mass is 16.5. The second kappa shape index (κ2) is 12.4. The monoisotopic (exact) mass is 425 g/mol. The molecule has 3 N–H and O–H groups in total. The minimum absolute atomic E-state index is 0.0561. The fourth-order valence-corrected chi connectivity index (χ4v) is 2.98. The van der Waals surface area contributed by atoms with E-state index in [4.69, 9.17) is 4.74 Å². The van der Waals surface area contributed by atoms with Gasteiger partial charge in [-0.1, -0.05) is 49.4 Å². The van der Waals surface area contributed by atoms with Gasteiger partial charge in [-0.3, -0.25) is 4.79 Å². The molecule has 2 rings (SSSR count). The molecule has 0 spiro atoms. The van der Waals surface area contributed by atoms with Gasteiger partial charge in [-0.05, 0) is 43.5 Å². The van der Waals surface area contributed by atoms with Crippen molar-refractivity contribution in [2.75, 3.05) is 13.2 Å². The number of rotatable bonds is 10. The van der Waals surface area contributed by atoms with Gasteiger partial charge in [-0.2, -0.15) is 0 Å². The van der Waals surface area contributed by atoms with Crippen LogP contribution in [0, 0.1) is 0 Å². The standard InChI is InChI=1S/C24H31N3O4/c1-4-19(20-8-6-5-7-9-20)15-25-22(28)16-31-23(29)21-12-10-18(11-13-21)14-26-24(30)27-17(2)3/h5-13,17,19H,4,14-16H2,1-3H3,(H,25,28)(H2,26,27,30)/t19-/m1/s1. The van der Waals surface area contributed by atoms with E-state index in [0.717, 1.165) is 12.0 Å². The molecule has 0 radical (unpaired) electrons. The normalized spacial score (nSPS) is 11.5. The Morgan fingerprint density at radius 3 is 2.23 bits per heavy atom. The van der Waals surface area contributed by atoms with Gasteiger partial charge < -0.3 is 20.7 Å². The Morgan fingerprint density at radius 2 is 1.61 bits per heavy atom. The molecule has 0 fully saturated rings. The lowest BCUT2D eigenvalue weighted by Gasteiger charge is -2.16. The van der Waals surface area contributed by atoms with Crippen molar-refractivity contribution in [3.63, 3.8) is 0 Å². The maximum absolute atomic E-state index is 12.2. The summed E-state index contributed by atoms with van der Waals surface area (Å²) in [6.45, 7) is 6.33. The van der Waals surface area contributed by atoms with Gasteiger partial charge in [0.05, 0.1) is 5.56 Å². The van der Waals surface area contributed by atoms with Gasteiger partial charge in [0.25, 0.3) is 5.91 Å². The van der Waals surface area contributed by atoms with Gasteiger partial charge in [0, 0.05) is 25.0 Å². The Labute approximate surface area is 183 Å². The largest absolute Gasteiger partial charge is 0.452 e. The van der Waals surface area contributed by atoms with Gasteiger partial charge in [0.1, 0.15) is 0 Å². The molecule has 31 heavy (non-hydrogen) atoms. The molecule has 7 heteroatoms. The number of ether oxygens (including phenoxy) is 1. The first-order chi connectivity index (χ1) is 14.9. The zero-order valence-corrected chi connectivity index (χ0v) is 18.3. The summed E-state index contributed by atoms with van der Waals surface area (Å²) < 4.78 is 5.11.